The van der Waals surface area contributed by atoms with Gasteiger partial charge in [0.2, 0.25) is 0 Å². The fourth-order valence-electron chi connectivity index (χ4n) is 2.60. The van der Waals surface area contributed by atoms with Crippen LogP contribution in [0.5, 0.6) is 0 Å². The molecule has 0 saturated heterocycles. The van der Waals surface area contributed by atoms with E-state index in [1.165, 1.54) is 11.8 Å². The zero-order valence-electron chi connectivity index (χ0n) is 13.7. The van der Waals surface area contributed by atoms with E-state index < -0.39 is 0 Å². The predicted molar refractivity (Wildman–Crippen MR) is 95.2 cm³/mol. The van der Waals surface area contributed by atoms with Crippen LogP contribution < -0.4 is 0 Å². The molecule has 0 radical (unpaired) electrons. The van der Waals surface area contributed by atoms with Gasteiger partial charge in [0.1, 0.15) is 11.1 Å². The molecule has 122 valence electrons. The lowest BCUT2D eigenvalue weighted by Gasteiger charge is -2.07. The maximum Gasteiger partial charge on any atom is 0.103 e. The second kappa shape index (κ2) is 6.07. The van der Waals surface area contributed by atoms with Crippen LogP contribution in [0.25, 0.3) is 16.6 Å². The smallest absolute Gasteiger partial charge is 0.103 e. The molecule has 0 aliphatic carbocycles. The van der Waals surface area contributed by atoms with Crippen molar-refractivity contribution in [2.75, 3.05) is 0 Å². The quantitative estimate of drug-likeness (QED) is 0.568. The highest BCUT2D eigenvalue weighted by Crippen LogP contribution is 2.34. The monoisotopic (exact) mass is 346 g/mol. The Hall–Kier alpha value is -3.11. The molecule has 0 fully saturated rings. The van der Waals surface area contributed by atoms with Crippen molar-refractivity contribution in [2.45, 2.75) is 16.8 Å². The third-order valence-electron chi connectivity index (χ3n) is 3.83. The number of nitrogens with zero attached hydrogens (tertiary/aromatic N) is 6. The summed E-state index contributed by atoms with van der Waals surface area (Å²) >= 11 is 1.53. The molecule has 25 heavy (non-hydrogen) atoms. The van der Waals surface area contributed by atoms with Gasteiger partial charge in [-0.25, -0.2) is 9.50 Å². The summed E-state index contributed by atoms with van der Waals surface area (Å²) in [5, 5.41) is 18.8. The lowest BCUT2D eigenvalue weighted by molar-refractivity contribution is 0.768. The van der Waals surface area contributed by atoms with E-state index in [2.05, 4.69) is 27.3 Å². The first-order valence-electron chi connectivity index (χ1n) is 7.65. The highest BCUT2D eigenvalue weighted by Gasteiger charge is 2.14. The van der Waals surface area contributed by atoms with Crippen LogP contribution >= 0.6 is 11.8 Å². The van der Waals surface area contributed by atoms with Crippen molar-refractivity contribution in [3.63, 3.8) is 0 Å². The van der Waals surface area contributed by atoms with Crippen LogP contribution in [0.4, 0.5) is 0 Å². The first kappa shape index (κ1) is 15.4. The number of fused-ring (bicyclic) bond motifs is 1. The first-order valence-corrected chi connectivity index (χ1v) is 8.47. The van der Waals surface area contributed by atoms with Crippen molar-refractivity contribution in [3.8, 4) is 17.2 Å². The van der Waals surface area contributed by atoms with E-state index in [0.29, 0.717) is 5.56 Å². The average Bonchev–Trinajstić information content (AvgIpc) is 3.23. The van der Waals surface area contributed by atoms with E-state index in [4.69, 9.17) is 0 Å². The molecule has 0 aliphatic heterocycles. The molecule has 0 amide bonds. The molecule has 6 nitrogen and oxygen atoms in total. The maximum atomic E-state index is 9.40. The topological polar surface area (TPSA) is 71.8 Å². The standard InChI is InChI=1S/C18H14N6S/c1-12-3-4-17(20-7-12)25-16-5-13(15-9-21-23(2)10-15)11-24-18(16)14(6-19)8-22-24/h3-5,7-11H,1-2H3. The zero-order chi connectivity index (χ0) is 17.4. The Balaban J connectivity index is 1.88. The number of hydrogen-bond donors (Lipinski definition) is 0. The highest BCUT2D eigenvalue weighted by atomic mass is 32.2. The van der Waals surface area contributed by atoms with E-state index in [1.807, 2.05) is 50.9 Å². The minimum absolute atomic E-state index is 0.548. The molecule has 4 heterocycles. The van der Waals surface area contributed by atoms with Crippen LogP contribution in [-0.4, -0.2) is 24.4 Å². The number of rotatable bonds is 3. The van der Waals surface area contributed by atoms with E-state index in [-0.39, 0.29) is 0 Å². The zero-order valence-corrected chi connectivity index (χ0v) is 14.5. The summed E-state index contributed by atoms with van der Waals surface area (Å²) in [6, 6.07) is 8.28. The van der Waals surface area contributed by atoms with Gasteiger partial charge in [0.05, 0.1) is 23.5 Å². The van der Waals surface area contributed by atoms with Gasteiger partial charge in [0.25, 0.3) is 0 Å². The van der Waals surface area contributed by atoms with Gasteiger partial charge in [-0.15, -0.1) is 0 Å². The molecule has 0 aromatic carbocycles. The van der Waals surface area contributed by atoms with Gasteiger partial charge in [0, 0.05) is 41.7 Å². The van der Waals surface area contributed by atoms with Gasteiger partial charge in [-0.3, -0.25) is 4.68 Å². The van der Waals surface area contributed by atoms with Gasteiger partial charge in [0.15, 0.2) is 0 Å². The Bertz CT molecular complexity index is 1100. The molecule has 0 bridgehead atoms. The summed E-state index contributed by atoms with van der Waals surface area (Å²) in [5.41, 5.74) is 4.44. The Morgan fingerprint density at radius 3 is 2.64 bits per heavy atom. The Morgan fingerprint density at radius 1 is 1.08 bits per heavy atom. The fraction of sp³-hybridized carbons (Fsp3) is 0.111. The molecule has 4 aromatic heterocycles. The van der Waals surface area contributed by atoms with Crippen molar-refractivity contribution in [1.29, 1.82) is 5.26 Å². The van der Waals surface area contributed by atoms with Crippen LogP contribution in [0.2, 0.25) is 0 Å². The molecular formula is C18H14N6S. The SMILES string of the molecule is Cc1ccc(Sc2cc(-c3cnn(C)c3)cn3ncc(C#N)c23)nc1. The van der Waals surface area contributed by atoms with Gasteiger partial charge in [-0.2, -0.15) is 15.5 Å². The minimum atomic E-state index is 0.548. The van der Waals surface area contributed by atoms with Crippen molar-refractivity contribution in [3.05, 3.63) is 60.3 Å². The predicted octanol–water partition coefficient (Wildman–Crippen LogP) is 3.46. The number of nitriles is 1. The number of hydrogen-bond acceptors (Lipinski definition) is 5. The summed E-state index contributed by atoms with van der Waals surface area (Å²) in [5.74, 6) is 0. The Kier molecular flexibility index (Phi) is 3.75. The largest absolute Gasteiger partial charge is 0.275 e. The lowest BCUT2D eigenvalue weighted by atomic mass is 10.1. The van der Waals surface area contributed by atoms with Crippen molar-refractivity contribution < 1.29 is 0 Å². The van der Waals surface area contributed by atoms with Gasteiger partial charge in [-0.05, 0) is 24.6 Å². The maximum absolute atomic E-state index is 9.40. The average molecular weight is 346 g/mol. The fourth-order valence-corrected chi connectivity index (χ4v) is 3.55. The van der Waals surface area contributed by atoms with Crippen LogP contribution in [0.3, 0.4) is 0 Å². The lowest BCUT2D eigenvalue weighted by Crippen LogP contribution is -1.92. The number of aryl methyl sites for hydroxylation is 2. The summed E-state index contributed by atoms with van der Waals surface area (Å²) in [6.45, 7) is 2.01. The molecule has 0 atom stereocenters. The molecular weight excluding hydrogens is 332 g/mol. The molecule has 4 rings (SSSR count). The van der Waals surface area contributed by atoms with Crippen LogP contribution in [0, 0.1) is 18.3 Å². The molecule has 0 unspecified atom stereocenters. The molecule has 0 saturated carbocycles. The Labute approximate surface area is 148 Å². The summed E-state index contributed by atoms with van der Waals surface area (Å²) in [6.07, 6.45) is 9.11. The second-order valence-corrected chi connectivity index (χ2v) is 6.80. The minimum Gasteiger partial charge on any atom is -0.275 e. The third-order valence-corrected chi connectivity index (χ3v) is 4.82. The van der Waals surface area contributed by atoms with E-state index in [0.717, 1.165) is 32.1 Å². The van der Waals surface area contributed by atoms with Crippen LogP contribution in [-0.2, 0) is 7.05 Å². The van der Waals surface area contributed by atoms with E-state index >= 15 is 0 Å². The van der Waals surface area contributed by atoms with Crippen molar-refractivity contribution >= 4 is 17.3 Å². The molecule has 0 spiro atoms. The first-order chi connectivity index (χ1) is 12.1. The van der Waals surface area contributed by atoms with Gasteiger partial charge in [-0.1, -0.05) is 17.8 Å². The second-order valence-electron chi connectivity index (χ2n) is 5.73. The molecule has 0 aliphatic rings. The molecule has 4 aromatic rings. The van der Waals surface area contributed by atoms with E-state index in [9.17, 15) is 5.26 Å². The normalized spacial score (nSPS) is 10.9. The van der Waals surface area contributed by atoms with Crippen LogP contribution in [0.15, 0.2) is 59.1 Å². The van der Waals surface area contributed by atoms with Crippen LogP contribution in [0.1, 0.15) is 11.1 Å². The molecule has 7 heteroatoms. The van der Waals surface area contributed by atoms with Crippen molar-refractivity contribution in [1.82, 2.24) is 24.4 Å². The third kappa shape index (κ3) is 2.88. The van der Waals surface area contributed by atoms with Crippen molar-refractivity contribution in [2.24, 2.45) is 7.05 Å². The van der Waals surface area contributed by atoms with Gasteiger partial charge >= 0.3 is 0 Å². The summed E-state index contributed by atoms with van der Waals surface area (Å²) < 4.78 is 3.51. The van der Waals surface area contributed by atoms with Gasteiger partial charge < -0.3 is 0 Å². The number of aromatic nitrogens is 5. The Morgan fingerprint density at radius 2 is 1.96 bits per heavy atom. The number of pyridine rings is 2. The van der Waals surface area contributed by atoms with E-state index in [1.54, 1.807) is 15.4 Å². The molecule has 0 N–H and O–H groups in total. The summed E-state index contributed by atoms with van der Waals surface area (Å²) in [7, 11) is 1.88. The summed E-state index contributed by atoms with van der Waals surface area (Å²) in [4.78, 5) is 5.40. The highest BCUT2D eigenvalue weighted by molar-refractivity contribution is 7.99.